The maximum absolute atomic E-state index is 13.5. The minimum absolute atomic E-state index is 0.129. The van der Waals surface area contributed by atoms with E-state index in [1.807, 2.05) is 29.6 Å². The number of hydrogen-bond donors (Lipinski definition) is 1. The summed E-state index contributed by atoms with van der Waals surface area (Å²) in [4.78, 5) is 39.3. The van der Waals surface area contributed by atoms with Gasteiger partial charge in [0.05, 0.1) is 11.0 Å². The Morgan fingerprint density at radius 1 is 1.27 bits per heavy atom. The molecule has 1 N–H and O–H groups in total. The van der Waals surface area contributed by atoms with E-state index in [0.29, 0.717) is 11.3 Å². The van der Waals surface area contributed by atoms with Gasteiger partial charge in [-0.2, -0.15) is 0 Å². The van der Waals surface area contributed by atoms with Crippen molar-refractivity contribution in [2.45, 2.75) is 13.0 Å². The lowest BCUT2D eigenvalue weighted by Gasteiger charge is -2.29. The average Bonchev–Trinajstić information content (AvgIpc) is 3.18. The fourth-order valence-electron chi connectivity index (χ4n) is 3.52. The number of nitro groups is 1. The third kappa shape index (κ3) is 3.73. The third-order valence-electron chi connectivity index (χ3n) is 4.93. The molecule has 3 aromatic rings. The molecule has 7 nitrogen and oxygen atoms in total. The molecule has 0 fully saturated rings. The van der Waals surface area contributed by atoms with Crippen molar-refractivity contribution >= 4 is 50.5 Å². The molecular formula is C21H16BrN3O4S. The Labute approximate surface area is 184 Å². The number of nitrogens with one attached hydrogen (secondary N) is 1. The predicted molar refractivity (Wildman–Crippen MR) is 118 cm³/mol. The third-order valence-corrected chi connectivity index (χ3v) is 6.35. The molecule has 1 aliphatic heterocycles. The largest absolute Gasteiger partial charge is 0.324 e. The summed E-state index contributed by atoms with van der Waals surface area (Å²) in [5.74, 6) is -0.771. The van der Waals surface area contributed by atoms with E-state index in [-0.39, 0.29) is 23.7 Å². The van der Waals surface area contributed by atoms with Crippen molar-refractivity contribution in [2.24, 2.45) is 0 Å². The van der Waals surface area contributed by atoms with Crippen LogP contribution in [-0.2, 0) is 4.79 Å². The molecule has 0 spiro atoms. The van der Waals surface area contributed by atoms with Crippen LogP contribution >= 0.6 is 27.3 Å². The monoisotopic (exact) mass is 485 g/mol. The van der Waals surface area contributed by atoms with E-state index in [1.165, 1.54) is 22.3 Å². The SMILES string of the molecule is Cc1ccc(C(=O)N2CC(=O)Nc3ccc(Br)cc3C2c2cccs2)cc1[N+](=O)[O-]. The summed E-state index contributed by atoms with van der Waals surface area (Å²) in [6.45, 7) is 1.45. The highest BCUT2D eigenvalue weighted by atomic mass is 79.9. The number of fused-ring (bicyclic) bond motifs is 1. The maximum atomic E-state index is 13.5. The molecule has 2 amide bonds. The van der Waals surface area contributed by atoms with Gasteiger partial charge in [0.2, 0.25) is 5.91 Å². The molecule has 2 heterocycles. The summed E-state index contributed by atoms with van der Waals surface area (Å²) < 4.78 is 0.817. The van der Waals surface area contributed by atoms with E-state index in [0.717, 1.165) is 14.9 Å². The molecule has 1 atom stereocenters. The fourth-order valence-corrected chi connectivity index (χ4v) is 4.76. The van der Waals surface area contributed by atoms with E-state index in [4.69, 9.17) is 0 Å². The quantitative estimate of drug-likeness (QED) is 0.421. The van der Waals surface area contributed by atoms with Crippen LogP contribution in [0.25, 0.3) is 0 Å². The number of aryl methyl sites for hydroxylation is 1. The molecule has 1 aliphatic rings. The molecule has 1 aromatic heterocycles. The zero-order chi connectivity index (χ0) is 21.4. The lowest BCUT2D eigenvalue weighted by atomic mass is 10.0. The molecule has 30 heavy (non-hydrogen) atoms. The van der Waals surface area contributed by atoms with Gasteiger partial charge in [0.1, 0.15) is 6.54 Å². The highest BCUT2D eigenvalue weighted by molar-refractivity contribution is 9.10. The van der Waals surface area contributed by atoms with Crippen molar-refractivity contribution in [2.75, 3.05) is 11.9 Å². The predicted octanol–water partition coefficient (Wildman–Crippen LogP) is 4.91. The van der Waals surface area contributed by atoms with Crippen molar-refractivity contribution in [1.82, 2.24) is 4.90 Å². The van der Waals surface area contributed by atoms with Crippen LogP contribution in [0.1, 0.15) is 32.4 Å². The van der Waals surface area contributed by atoms with E-state index in [9.17, 15) is 19.7 Å². The molecular weight excluding hydrogens is 470 g/mol. The molecule has 4 rings (SSSR count). The molecule has 0 saturated carbocycles. The van der Waals surface area contributed by atoms with Crippen LogP contribution in [0.4, 0.5) is 11.4 Å². The number of benzene rings is 2. The topological polar surface area (TPSA) is 92.6 Å². The number of amides is 2. The second-order valence-corrected chi connectivity index (χ2v) is 8.78. The number of nitro benzene ring substituents is 1. The normalized spacial score (nSPS) is 15.9. The summed E-state index contributed by atoms with van der Waals surface area (Å²) in [5, 5.41) is 16.1. The van der Waals surface area contributed by atoms with Crippen molar-refractivity contribution in [1.29, 1.82) is 0 Å². The number of anilines is 1. The maximum Gasteiger partial charge on any atom is 0.273 e. The molecule has 0 bridgehead atoms. The molecule has 2 aromatic carbocycles. The van der Waals surface area contributed by atoms with Crippen molar-refractivity contribution in [3.8, 4) is 0 Å². The number of nitrogens with zero attached hydrogens (tertiary/aromatic N) is 2. The van der Waals surface area contributed by atoms with E-state index >= 15 is 0 Å². The smallest absolute Gasteiger partial charge is 0.273 e. The van der Waals surface area contributed by atoms with Crippen molar-refractivity contribution in [3.63, 3.8) is 0 Å². The minimum atomic E-state index is -0.510. The van der Waals surface area contributed by atoms with Gasteiger partial charge in [0.15, 0.2) is 0 Å². The standard InChI is InChI=1S/C21H16BrN3O4S/c1-12-4-5-13(9-17(12)25(28)29)21(27)24-11-19(26)23-16-7-6-14(22)10-15(16)20(24)18-3-2-8-30-18/h2-10,20H,11H2,1H3,(H,23,26). The van der Waals surface area contributed by atoms with Crippen LogP contribution < -0.4 is 5.32 Å². The van der Waals surface area contributed by atoms with E-state index in [1.54, 1.807) is 25.1 Å². The Morgan fingerprint density at radius 2 is 2.07 bits per heavy atom. The van der Waals surface area contributed by atoms with Crippen LogP contribution in [-0.4, -0.2) is 28.2 Å². The molecule has 0 aliphatic carbocycles. The van der Waals surface area contributed by atoms with Crippen LogP contribution in [0.3, 0.4) is 0 Å². The summed E-state index contributed by atoms with van der Waals surface area (Å²) in [7, 11) is 0. The van der Waals surface area contributed by atoms with Gasteiger partial charge in [-0.25, -0.2) is 0 Å². The number of carbonyl (C=O) groups is 2. The number of thiophene rings is 1. The van der Waals surface area contributed by atoms with Gasteiger partial charge in [-0.15, -0.1) is 11.3 Å². The van der Waals surface area contributed by atoms with Gasteiger partial charge in [-0.3, -0.25) is 19.7 Å². The van der Waals surface area contributed by atoms with E-state index < -0.39 is 16.9 Å². The molecule has 1 unspecified atom stereocenters. The highest BCUT2D eigenvalue weighted by Gasteiger charge is 2.35. The lowest BCUT2D eigenvalue weighted by Crippen LogP contribution is -2.38. The second kappa shape index (κ2) is 8.00. The number of hydrogen-bond acceptors (Lipinski definition) is 5. The summed E-state index contributed by atoms with van der Waals surface area (Å²) in [5.41, 5.74) is 1.91. The van der Waals surface area contributed by atoms with Gasteiger partial charge >= 0.3 is 0 Å². The first-order valence-electron chi connectivity index (χ1n) is 9.04. The molecule has 9 heteroatoms. The van der Waals surface area contributed by atoms with Gasteiger partial charge in [-0.1, -0.05) is 28.1 Å². The first-order chi connectivity index (χ1) is 14.3. The van der Waals surface area contributed by atoms with Crippen molar-refractivity contribution in [3.05, 3.63) is 90.1 Å². The van der Waals surface area contributed by atoms with Crippen molar-refractivity contribution < 1.29 is 14.5 Å². The van der Waals surface area contributed by atoms with Crippen LogP contribution in [0, 0.1) is 17.0 Å². The number of halogens is 1. The molecule has 152 valence electrons. The van der Waals surface area contributed by atoms with Gasteiger partial charge in [0.25, 0.3) is 11.6 Å². The second-order valence-electron chi connectivity index (χ2n) is 6.89. The Bertz CT molecular complexity index is 1160. The fraction of sp³-hybridized carbons (Fsp3) is 0.143. The number of rotatable bonds is 3. The number of carbonyl (C=O) groups excluding carboxylic acids is 2. The summed E-state index contributed by atoms with van der Waals surface area (Å²) in [6, 6.07) is 13.2. The Kier molecular flexibility index (Phi) is 5.40. The Hall–Kier alpha value is -3.04. The van der Waals surface area contributed by atoms with E-state index in [2.05, 4.69) is 21.2 Å². The minimum Gasteiger partial charge on any atom is -0.324 e. The molecule has 0 radical (unpaired) electrons. The first kappa shape index (κ1) is 20.2. The summed E-state index contributed by atoms with van der Waals surface area (Å²) >= 11 is 4.95. The average molecular weight is 486 g/mol. The Balaban J connectivity index is 1.86. The van der Waals surface area contributed by atoms with Gasteiger partial charge in [-0.05, 0) is 42.6 Å². The molecule has 0 saturated heterocycles. The highest BCUT2D eigenvalue weighted by Crippen LogP contribution is 2.39. The zero-order valence-electron chi connectivity index (χ0n) is 15.8. The van der Waals surface area contributed by atoms with Crippen LogP contribution in [0.5, 0.6) is 0 Å². The summed E-state index contributed by atoms with van der Waals surface area (Å²) in [6.07, 6.45) is 0. The lowest BCUT2D eigenvalue weighted by molar-refractivity contribution is -0.385. The van der Waals surface area contributed by atoms with Crippen LogP contribution in [0.15, 0.2) is 58.4 Å². The zero-order valence-corrected chi connectivity index (χ0v) is 18.2. The Morgan fingerprint density at radius 3 is 2.77 bits per heavy atom. The van der Waals surface area contributed by atoms with Gasteiger partial charge in [0, 0.05) is 37.8 Å². The first-order valence-corrected chi connectivity index (χ1v) is 10.7. The van der Waals surface area contributed by atoms with Gasteiger partial charge < -0.3 is 10.2 Å². The van der Waals surface area contributed by atoms with Crippen LogP contribution in [0.2, 0.25) is 0 Å².